The highest BCUT2D eigenvalue weighted by atomic mass is 32.1. The third-order valence-electron chi connectivity index (χ3n) is 3.34. The minimum atomic E-state index is 0.301. The molecular formula is C14H22N4S. The van der Waals surface area contributed by atoms with E-state index < -0.39 is 0 Å². The maximum absolute atomic E-state index is 5.83. The standard InChI is InChI=1S/C14H22N4S/c1-9(8-18(2)3)16-14-11(13(15)19)7-10-5-4-6-12(10)17-14/h7,9H,4-6,8H2,1-3H3,(H2,15,19)(H,16,17). The zero-order valence-electron chi connectivity index (χ0n) is 11.9. The monoisotopic (exact) mass is 278 g/mol. The van der Waals surface area contributed by atoms with Crippen LogP contribution in [-0.4, -0.2) is 41.6 Å². The van der Waals surface area contributed by atoms with Crippen LogP contribution < -0.4 is 11.1 Å². The van der Waals surface area contributed by atoms with Crippen molar-refractivity contribution in [3.8, 4) is 0 Å². The summed E-state index contributed by atoms with van der Waals surface area (Å²) in [5.74, 6) is 0.836. The van der Waals surface area contributed by atoms with Gasteiger partial charge < -0.3 is 16.0 Å². The molecule has 1 unspecified atom stereocenters. The molecule has 0 aliphatic heterocycles. The molecule has 4 nitrogen and oxygen atoms in total. The molecule has 1 aromatic rings. The van der Waals surface area contributed by atoms with Crippen molar-refractivity contribution in [1.82, 2.24) is 9.88 Å². The first-order chi connectivity index (χ1) is 8.97. The Hall–Kier alpha value is -1.20. The average Bonchev–Trinajstić information content (AvgIpc) is 2.73. The third kappa shape index (κ3) is 3.42. The van der Waals surface area contributed by atoms with Gasteiger partial charge in [-0.05, 0) is 51.9 Å². The number of hydrogen-bond donors (Lipinski definition) is 2. The number of pyridine rings is 1. The summed E-state index contributed by atoms with van der Waals surface area (Å²) in [6.45, 7) is 3.08. The van der Waals surface area contributed by atoms with Gasteiger partial charge in [-0.3, -0.25) is 0 Å². The zero-order chi connectivity index (χ0) is 14.0. The Morgan fingerprint density at radius 3 is 2.89 bits per heavy atom. The minimum absolute atomic E-state index is 0.301. The molecule has 0 saturated carbocycles. The fourth-order valence-corrected chi connectivity index (χ4v) is 2.75. The van der Waals surface area contributed by atoms with Crippen LogP contribution in [0.1, 0.15) is 30.2 Å². The third-order valence-corrected chi connectivity index (χ3v) is 3.56. The quantitative estimate of drug-likeness (QED) is 0.801. The van der Waals surface area contributed by atoms with E-state index >= 15 is 0 Å². The number of hydrogen-bond acceptors (Lipinski definition) is 4. The van der Waals surface area contributed by atoms with Crippen LogP contribution in [0.3, 0.4) is 0 Å². The first kappa shape index (κ1) is 14.2. The Balaban J connectivity index is 2.25. The lowest BCUT2D eigenvalue weighted by molar-refractivity contribution is 0.392. The van der Waals surface area contributed by atoms with Crippen LogP contribution in [0.2, 0.25) is 0 Å². The maximum Gasteiger partial charge on any atom is 0.136 e. The molecule has 104 valence electrons. The number of aryl methyl sites for hydroxylation is 2. The second-order valence-electron chi connectivity index (χ2n) is 5.52. The predicted octanol–water partition coefficient (Wildman–Crippen LogP) is 1.57. The van der Waals surface area contributed by atoms with Crippen LogP contribution in [0, 0.1) is 0 Å². The Morgan fingerprint density at radius 2 is 2.26 bits per heavy atom. The molecule has 1 aliphatic rings. The first-order valence-electron chi connectivity index (χ1n) is 6.71. The van der Waals surface area contributed by atoms with Crippen molar-refractivity contribution in [2.24, 2.45) is 5.73 Å². The molecule has 0 spiro atoms. The maximum atomic E-state index is 5.83. The molecule has 0 amide bonds. The van der Waals surface area contributed by atoms with Gasteiger partial charge in [-0.25, -0.2) is 4.98 Å². The summed E-state index contributed by atoms with van der Waals surface area (Å²) in [6, 6.07) is 2.41. The van der Waals surface area contributed by atoms with Gasteiger partial charge in [-0.1, -0.05) is 12.2 Å². The molecule has 0 radical (unpaired) electrons. The van der Waals surface area contributed by atoms with Gasteiger partial charge in [0.1, 0.15) is 10.8 Å². The van der Waals surface area contributed by atoms with Crippen LogP contribution in [0.4, 0.5) is 5.82 Å². The number of nitrogens with two attached hydrogens (primary N) is 1. The van der Waals surface area contributed by atoms with Crippen molar-refractivity contribution in [3.05, 3.63) is 22.9 Å². The molecular weight excluding hydrogens is 256 g/mol. The molecule has 0 fully saturated rings. The Morgan fingerprint density at radius 1 is 1.53 bits per heavy atom. The van der Waals surface area contributed by atoms with E-state index in [9.17, 15) is 0 Å². The van der Waals surface area contributed by atoms with Crippen LogP contribution in [0.15, 0.2) is 6.07 Å². The summed E-state index contributed by atoms with van der Waals surface area (Å²) in [5, 5.41) is 3.43. The van der Waals surface area contributed by atoms with Crippen LogP contribution in [-0.2, 0) is 12.8 Å². The molecule has 2 rings (SSSR count). The lowest BCUT2D eigenvalue weighted by Crippen LogP contribution is -2.31. The first-order valence-corrected chi connectivity index (χ1v) is 7.12. The topological polar surface area (TPSA) is 54.2 Å². The van der Waals surface area contributed by atoms with Crippen LogP contribution in [0.25, 0.3) is 0 Å². The van der Waals surface area contributed by atoms with Gasteiger partial charge in [0.25, 0.3) is 0 Å². The number of nitrogens with zero attached hydrogens (tertiary/aromatic N) is 2. The highest BCUT2D eigenvalue weighted by Gasteiger charge is 2.18. The number of aromatic nitrogens is 1. The van der Waals surface area contributed by atoms with Gasteiger partial charge >= 0.3 is 0 Å². The average molecular weight is 278 g/mol. The van der Waals surface area contributed by atoms with Gasteiger partial charge in [-0.2, -0.15) is 0 Å². The Labute approximate surface area is 120 Å². The molecule has 1 aliphatic carbocycles. The van der Waals surface area contributed by atoms with E-state index in [-0.39, 0.29) is 0 Å². The van der Waals surface area contributed by atoms with E-state index in [4.69, 9.17) is 22.9 Å². The van der Waals surface area contributed by atoms with Gasteiger partial charge in [-0.15, -0.1) is 0 Å². The summed E-state index contributed by atoms with van der Waals surface area (Å²) in [6.07, 6.45) is 3.32. The molecule has 0 saturated heterocycles. The lowest BCUT2D eigenvalue weighted by atomic mass is 10.1. The SMILES string of the molecule is CC(CN(C)C)Nc1nc2c(cc1C(N)=S)CCC2. The van der Waals surface area contributed by atoms with E-state index in [2.05, 4.69) is 37.3 Å². The van der Waals surface area contributed by atoms with Crippen molar-refractivity contribution in [3.63, 3.8) is 0 Å². The number of thiocarbonyl (C=S) groups is 1. The molecule has 0 bridgehead atoms. The van der Waals surface area contributed by atoms with Crippen molar-refractivity contribution in [2.75, 3.05) is 26.0 Å². The lowest BCUT2D eigenvalue weighted by Gasteiger charge is -2.21. The summed E-state index contributed by atoms with van der Waals surface area (Å²) in [4.78, 5) is 7.29. The normalized spacial score (nSPS) is 15.4. The van der Waals surface area contributed by atoms with Gasteiger partial charge in [0.05, 0.1) is 5.56 Å². The number of likely N-dealkylation sites (N-methyl/N-ethyl adjacent to an activating group) is 1. The van der Waals surface area contributed by atoms with Gasteiger partial charge in [0, 0.05) is 18.3 Å². The minimum Gasteiger partial charge on any atom is -0.389 e. The second-order valence-corrected chi connectivity index (χ2v) is 5.96. The fourth-order valence-electron chi connectivity index (χ4n) is 2.60. The summed E-state index contributed by atoms with van der Waals surface area (Å²) in [7, 11) is 4.12. The second kappa shape index (κ2) is 5.84. The summed E-state index contributed by atoms with van der Waals surface area (Å²) < 4.78 is 0. The molecule has 5 heteroatoms. The van der Waals surface area contributed by atoms with E-state index in [1.54, 1.807) is 0 Å². The fraction of sp³-hybridized carbons (Fsp3) is 0.571. The number of rotatable bonds is 5. The number of nitrogens with one attached hydrogen (secondary N) is 1. The van der Waals surface area contributed by atoms with Crippen molar-refractivity contribution in [1.29, 1.82) is 0 Å². The van der Waals surface area contributed by atoms with E-state index in [0.717, 1.165) is 30.8 Å². The predicted molar refractivity (Wildman–Crippen MR) is 83.8 cm³/mol. The molecule has 1 atom stereocenters. The summed E-state index contributed by atoms with van der Waals surface area (Å²) in [5.41, 5.74) is 9.20. The van der Waals surface area contributed by atoms with Crippen molar-refractivity contribution >= 4 is 23.0 Å². The molecule has 3 N–H and O–H groups in total. The van der Waals surface area contributed by atoms with Crippen LogP contribution >= 0.6 is 12.2 Å². The largest absolute Gasteiger partial charge is 0.389 e. The molecule has 1 aromatic heterocycles. The van der Waals surface area contributed by atoms with Gasteiger partial charge in [0.2, 0.25) is 0 Å². The molecule has 19 heavy (non-hydrogen) atoms. The zero-order valence-corrected chi connectivity index (χ0v) is 12.7. The van der Waals surface area contributed by atoms with Crippen LogP contribution in [0.5, 0.6) is 0 Å². The van der Waals surface area contributed by atoms with E-state index in [1.165, 1.54) is 17.7 Å². The summed E-state index contributed by atoms with van der Waals surface area (Å²) >= 11 is 5.15. The highest BCUT2D eigenvalue weighted by molar-refractivity contribution is 7.80. The highest BCUT2D eigenvalue weighted by Crippen LogP contribution is 2.25. The number of fused-ring (bicyclic) bond motifs is 1. The van der Waals surface area contributed by atoms with E-state index in [0.29, 0.717) is 11.0 Å². The van der Waals surface area contributed by atoms with Gasteiger partial charge in [0.15, 0.2) is 0 Å². The number of anilines is 1. The Bertz CT molecular complexity index is 485. The Kier molecular flexibility index (Phi) is 4.37. The smallest absolute Gasteiger partial charge is 0.136 e. The van der Waals surface area contributed by atoms with E-state index in [1.807, 2.05) is 0 Å². The molecule has 0 aromatic carbocycles. The molecule has 1 heterocycles. The van der Waals surface area contributed by atoms with Crippen molar-refractivity contribution < 1.29 is 0 Å². The van der Waals surface area contributed by atoms with Crippen molar-refractivity contribution in [2.45, 2.75) is 32.2 Å².